The van der Waals surface area contributed by atoms with Gasteiger partial charge < -0.3 is 5.32 Å². The number of nitrogens with one attached hydrogen (secondary N) is 2. The molecule has 0 bridgehead atoms. The Kier molecular flexibility index (Phi) is 4.94. The molecular weight excluding hydrogens is 355 g/mol. The Balaban J connectivity index is 1.87. The molecule has 2 N–H and O–H groups in total. The fraction of sp³-hybridized carbons (Fsp3) is 0.222. The molecule has 1 amide bonds. The number of carbonyl (C=O) groups is 1. The maximum Gasteiger partial charge on any atom is 0.272 e. The first-order chi connectivity index (χ1) is 12.3. The van der Waals surface area contributed by atoms with E-state index in [4.69, 9.17) is 0 Å². The van der Waals surface area contributed by atoms with Crippen LogP contribution in [0.3, 0.4) is 0 Å². The van der Waals surface area contributed by atoms with Crippen molar-refractivity contribution in [2.45, 2.75) is 27.3 Å². The molecule has 3 rings (SSSR count). The van der Waals surface area contributed by atoms with E-state index in [1.165, 1.54) is 23.5 Å². The van der Waals surface area contributed by atoms with Crippen molar-refractivity contribution in [2.75, 3.05) is 0 Å². The van der Waals surface area contributed by atoms with E-state index in [1.807, 2.05) is 13.8 Å². The summed E-state index contributed by atoms with van der Waals surface area (Å²) in [6.45, 7) is 5.81. The third-order valence-electron chi connectivity index (χ3n) is 3.81. The molecule has 3 aromatic rings. The number of hydrogen-bond acceptors (Lipinski definition) is 5. The van der Waals surface area contributed by atoms with Crippen LogP contribution in [0.4, 0.5) is 4.39 Å². The summed E-state index contributed by atoms with van der Waals surface area (Å²) in [5.74, 6) is -1.01. The third-order valence-corrected chi connectivity index (χ3v) is 4.88. The second kappa shape index (κ2) is 7.17. The third kappa shape index (κ3) is 3.85. The normalized spacial score (nSPS) is 10.8. The highest BCUT2D eigenvalue weighted by molar-refractivity contribution is 7.11. The minimum atomic E-state index is -0.591. The van der Waals surface area contributed by atoms with E-state index in [9.17, 15) is 14.0 Å². The summed E-state index contributed by atoms with van der Waals surface area (Å²) in [7, 11) is 0. The summed E-state index contributed by atoms with van der Waals surface area (Å²) in [6.07, 6.45) is 0. The molecular formula is C18H17FN4O2S. The van der Waals surface area contributed by atoms with Gasteiger partial charge in [-0.25, -0.2) is 14.5 Å². The highest BCUT2D eigenvalue weighted by Crippen LogP contribution is 2.20. The predicted octanol–water partition coefficient (Wildman–Crippen LogP) is 2.89. The Morgan fingerprint density at radius 1 is 1.23 bits per heavy atom. The zero-order valence-corrected chi connectivity index (χ0v) is 15.3. The van der Waals surface area contributed by atoms with Crippen molar-refractivity contribution < 1.29 is 9.18 Å². The Morgan fingerprint density at radius 3 is 2.69 bits per heavy atom. The van der Waals surface area contributed by atoms with Gasteiger partial charge in [0.1, 0.15) is 5.82 Å². The van der Waals surface area contributed by atoms with Crippen LogP contribution in [-0.4, -0.2) is 21.1 Å². The molecule has 0 fully saturated rings. The monoisotopic (exact) mass is 372 g/mol. The number of benzene rings is 1. The molecule has 2 aromatic heterocycles. The summed E-state index contributed by atoms with van der Waals surface area (Å²) < 4.78 is 14.0. The second-order valence-corrected chi connectivity index (χ2v) is 7.19. The molecule has 134 valence electrons. The molecule has 0 unspecified atom stereocenters. The molecule has 0 saturated carbocycles. The highest BCUT2D eigenvalue weighted by atomic mass is 32.1. The number of amides is 1. The molecule has 1 aromatic carbocycles. The molecule has 0 atom stereocenters. The molecule has 8 heteroatoms. The number of aryl methyl sites for hydroxylation is 3. The summed E-state index contributed by atoms with van der Waals surface area (Å²) in [5, 5.41) is 9.85. The molecule has 6 nitrogen and oxygen atoms in total. The minimum absolute atomic E-state index is 0.146. The van der Waals surface area contributed by atoms with Crippen molar-refractivity contribution in [3.05, 3.63) is 67.3 Å². The molecule has 0 saturated heterocycles. The fourth-order valence-corrected chi connectivity index (χ4v) is 3.47. The van der Waals surface area contributed by atoms with E-state index in [0.717, 1.165) is 21.6 Å². The van der Waals surface area contributed by atoms with Gasteiger partial charge in [0, 0.05) is 10.4 Å². The van der Waals surface area contributed by atoms with E-state index in [-0.39, 0.29) is 11.1 Å². The number of aromatic amines is 1. The first-order valence-corrected chi connectivity index (χ1v) is 8.73. The van der Waals surface area contributed by atoms with Gasteiger partial charge in [-0.15, -0.1) is 11.3 Å². The zero-order valence-electron chi connectivity index (χ0n) is 14.5. The fourth-order valence-electron chi connectivity index (χ4n) is 2.60. The van der Waals surface area contributed by atoms with Crippen LogP contribution < -0.4 is 10.9 Å². The smallest absolute Gasteiger partial charge is 0.272 e. The lowest BCUT2D eigenvalue weighted by Crippen LogP contribution is -2.23. The van der Waals surface area contributed by atoms with Crippen molar-refractivity contribution in [3.63, 3.8) is 0 Å². The summed E-state index contributed by atoms with van der Waals surface area (Å²) in [5.41, 5.74) is 1.75. The molecule has 0 aliphatic carbocycles. The van der Waals surface area contributed by atoms with E-state index in [1.54, 1.807) is 13.0 Å². The van der Waals surface area contributed by atoms with Gasteiger partial charge in [0.2, 0.25) is 0 Å². The Labute approximate surface area is 153 Å². The van der Waals surface area contributed by atoms with Gasteiger partial charge in [-0.1, -0.05) is 0 Å². The van der Waals surface area contributed by atoms with Crippen LogP contribution in [-0.2, 0) is 6.54 Å². The van der Waals surface area contributed by atoms with Gasteiger partial charge in [-0.05, 0) is 50.6 Å². The van der Waals surface area contributed by atoms with Gasteiger partial charge in [-0.3, -0.25) is 9.59 Å². The van der Waals surface area contributed by atoms with Crippen molar-refractivity contribution >= 4 is 17.2 Å². The molecule has 0 aliphatic rings. The average molecular weight is 372 g/mol. The summed E-state index contributed by atoms with van der Waals surface area (Å²) in [6, 6.07) is 5.41. The molecule has 0 aliphatic heterocycles. The van der Waals surface area contributed by atoms with Crippen LogP contribution in [0.2, 0.25) is 0 Å². The minimum Gasteiger partial charge on any atom is -0.347 e. The molecule has 0 radical (unpaired) electrons. The lowest BCUT2D eigenvalue weighted by Gasteiger charge is -2.08. The maximum atomic E-state index is 14.0. The maximum absolute atomic E-state index is 14.0. The predicted molar refractivity (Wildman–Crippen MR) is 97.7 cm³/mol. The number of halogens is 1. The molecule has 2 heterocycles. The van der Waals surface area contributed by atoms with Gasteiger partial charge >= 0.3 is 0 Å². The second-order valence-electron chi connectivity index (χ2n) is 5.90. The van der Waals surface area contributed by atoms with Crippen LogP contribution in [0.5, 0.6) is 0 Å². The van der Waals surface area contributed by atoms with E-state index in [0.29, 0.717) is 17.8 Å². The van der Waals surface area contributed by atoms with E-state index >= 15 is 0 Å². The first kappa shape index (κ1) is 17.9. The van der Waals surface area contributed by atoms with Gasteiger partial charge in [0.15, 0.2) is 0 Å². The van der Waals surface area contributed by atoms with Crippen LogP contribution >= 0.6 is 11.3 Å². The number of thiazole rings is 1. The number of hydrogen-bond donors (Lipinski definition) is 2. The topological polar surface area (TPSA) is 87.7 Å². The number of nitrogens with zero attached hydrogens (tertiary/aromatic N) is 2. The Morgan fingerprint density at radius 2 is 2.00 bits per heavy atom. The van der Waals surface area contributed by atoms with E-state index < -0.39 is 17.3 Å². The number of carbonyl (C=O) groups excluding carboxylic acids is 1. The van der Waals surface area contributed by atoms with Crippen LogP contribution in [0.1, 0.15) is 31.6 Å². The van der Waals surface area contributed by atoms with Crippen molar-refractivity contribution in [1.82, 2.24) is 20.5 Å². The van der Waals surface area contributed by atoms with Crippen LogP contribution in [0.15, 0.2) is 29.1 Å². The number of rotatable bonds is 4. The van der Waals surface area contributed by atoms with Crippen LogP contribution in [0, 0.1) is 26.6 Å². The van der Waals surface area contributed by atoms with Gasteiger partial charge in [-0.2, -0.15) is 5.10 Å². The van der Waals surface area contributed by atoms with Crippen molar-refractivity contribution in [3.8, 4) is 11.1 Å². The molecule has 0 spiro atoms. The van der Waals surface area contributed by atoms with Crippen molar-refractivity contribution in [2.24, 2.45) is 0 Å². The summed E-state index contributed by atoms with van der Waals surface area (Å²) in [4.78, 5) is 29.7. The standard InChI is InChI=1S/C18H17FN4O2S/c1-9-4-15(18(25)23-22-9)12-5-13(7-14(19)6-12)17(24)20-8-16-10(2)21-11(3)26-16/h4-7H,8H2,1-3H3,(H,20,24)(H,23,25). The lowest BCUT2D eigenvalue weighted by molar-refractivity contribution is 0.0951. The largest absolute Gasteiger partial charge is 0.347 e. The lowest BCUT2D eigenvalue weighted by atomic mass is 10.0. The SMILES string of the molecule is Cc1cc(-c2cc(F)cc(C(=O)NCc3sc(C)nc3C)c2)c(=O)[nH]n1. The van der Waals surface area contributed by atoms with Gasteiger partial charge in [0.05, 0.1) is 28.5 Å². The Bertz CT molecular complexity index is 1040. The highest BCUT2D eigenvalue weighted by Gasteiger charge is 2.13. The van der Waals surface area contributed by atoms with E-state index in [2.05, 4.69) is 20.5 Å². The van der Waals surface area contributed by atoms with Crippen LogP contribution in [0.25, 0.3) is 11.1 Å². The summed E-state index contributed by atoms with van der Waals surface area (Å²) >= 11 is 1.51. The quantitative estimate of drug-likeness (QED) is 0.737. The molecule has 26 heavy (non-hydrogen) atoms. The zero-order chi connectivity index (χ0) is 18.8. The number of H-pyrrole nitrogens is 1. The van der Waals surface area contributed by atoms with Crippen molar-refractivity contribution in [1.29, 1.82) is 0 Å². The first-order valence-electron chi connectivity index (χ1n) is 7.92. The number of aromatic nitrogens is 3. The Hall–Kier alpha value is -2.87. The van der Waals surface area contributed by atoms with Gasteiger partial charge in [0.25, 0.3) is 11.5 Å². The average Bonchev–Trinajstić information content (AvgIpc) is 2.91.